The van der Waals surface area contributed by atoms with Crippen LogP contribution in [0, 0.1) is 13.8 Å². The van der Waals surface area contributed by atoms with Crippen LogP contribution in [-0.2, 0) is 13.8 Å². The molecule has 196 valence electrons. The zero-order valence-corrected chi connectivity index (χ0v) is 21.3. The summed E-state index contributed by atoms with van der Waals surface area (Å²) in [6.45, 7) is 6.34. The summed E-state index contributed by atoms with van der Waals surface area (Å²) in [6, 6.07) is 5.06. The predicted molar refractivity (Wildman–Crippen MR) is 131 cm³/mol. The summed E-state index contributed by atoms with van der Waals surface area (Å²) in [4.78, 5) is 62.8. The van der Waals surface area contributed by atoms with Gasteiger partial charge >= 0.3 is 13.9 Å². The van der Waals surface area contributed by atoms with Crippen LogP contribution in [0.5, 0.6) is 0 Å². The summed E-state index contributed by atoms with van der Waals surface area (Å²) >= 11 is 0. The highest BCUT2D eigenvalue weighted by Crippen LogP contribution is 2.35. The number of hydrogen-bond donors (Lipinski definition) is 5. The van der Waals surface area contributed by atoms with Crippen LogP contribution >= 0.6 is 7.82 Å². The van der Waals surface area contributed by atoms with Crippen molar-refractivity contribution in [3.63, 3.8) is 0 Å². The summed E-state index contributed by atoms with van der Waals surface area (Å²) in [5, 5.41) is 2.80. The fourth-order valence-electron chi connectivity index (χ4n) is 3.11. The Morgan fingerprint density at radius 1 is 1.22 bits per heavy atom. The number of H-pyrrole nitrogens is 1. The summed E-state index contributed by atoms with van der Waals surface area (Å²) in [5.74, 6) is -0.896. The van der Waals surface area contributed by atoms with E-state index in [0.29, 0.717) is 29.1 Å². The third-order valence-corrected chi connectivity index (χ3v) is 5.50. The molecule has 1 heterocycles. The maximum absolute atomic E-state index is 12.9. The van der Waals surface area contributed by atoms with Crippen LogP contribution in [0.15, 0.2) is 29.4 Å². The van der Waals surface area contributed by atoms with E-state index in [2.05, 4.69) is 24.6 Å². The van der Waals surface area contributed by atoms with Gasteiger partial charge in [0.1, 0.15) is 5.84 Å². The molecule has 0 unspecified atom stereocenters. The number of hydrogen-bond acceptors (Lipinski definition) is 7. The minimum atomic E-state index is -4.84. The molecule has 1 aromatic carbocycles. The molecular weight excluding hydrogens is 493 g/mol. The van der Waals surface area contributed by atoms with Gasteiger partial charge in [-0.2, -0.15) is 0 Å². The first-order valence-corrected chi connectivity index (χ1v) is 12.5. The van der Waals surface area contributed by atoms with E-state index >= 15 is 0 Å². The number of aliphatic imine (C=N–C) groups is 1. The van der Waals surface area contributed by atoms with Crippen LogP contribution in [0.3, 0.4) is 0 Å². The number of phosphoric ester groups is 1. The van der Waals surface area contributed by atoms with Crippen molar-refractivity contribution in [3.05, 3.63) is 52.3 Å². The van der Waals surface area contributed by atoms with Crippen LogP contribution in [-0.4, -0.2) is 63.3 Å². The van der Waals surface area contributed by atoms with E-state index in [1.54, 1.807) is 25.1 Å². The fourth-order valence-corrected chi connectivity index (χ4v) is 3.30. The molecule has 13 nitrogen and oxygen atoms in total. The lowest BCUT2D eigenvalue weighted by Crippen LogP contribution is -2.37. The van der Waals surface area contributed by atoms with Crippen molar-refractivity contribution in [2.24, 2.45) is 10.7 Å². The minimum absolute atomic E-state index is 0.0569. The molecule has 0 saturated carbocycles. The number of ether oxygens (including phenoxy) is 1. The zero-order valence-electron chi connectivity index (χ0n) is 20.4. The Morgan fingerprint density at radius 2 is 1.92 bits per heavy atom. The molecule has 0 saturated heterocycles. The monoisotopic (exact) mass is 523 g/mol. The molecule has 0 aliphatic rings. The smallest absolute Gasteiger partial charge is 0.421 e. The largest absolute Gasteiger partial charge is 0.472 e. The van der Waals surface area contributed by atoms with E-state index in [0.717, 1.165) is 16.9 Å². The predicted octanol–water partition coefficient (Wildman–Crippen LogP) is 2.47. The number of nitrogens with zero attached hydrogens (tertiary/aromatic N) is 2. The van der Waals surface area contributed by atoms with E-state index in [1.807, 2.05) is 13.8 Å². The number of carbonyl (C=O) groups excluding carboxylic acids is 3. The molecule has 0 atom stereocenters. The molecule has 2 rings (SSSR count). The molecule has 0 aliphatic carbocycles. The molecule has 3 amide bonds. The van der Waals surface area contributed by atoms with E-state index in [9.17, 15) is 18.9 Å². The van der Waals surface area contributed by atoms with Crippen LogP contribution in [0.4, 0.5) is 10.5 Å². The van der Waals surface area contributed by atoms with E-state index in [4.69, 9.17) is 15.5 Å². The number of aromatic nitrogens is 1. The number of amides is 3. The Kier molecular flexibility index (Phi) is 9.93. The van der Waals surface area contributed by atoms with Gasteiger partial charge in [0.25, 0.3) is 11.8 Å². The van der Waals surface area contributed by atoms with Gasteiger partial charge in [-0.05, 0) is 50.5 Å². The van der Waals surface area contributed by atoms with Gasteiger partial charge < -0.3 is 30.6 Å². The second kappa shape index (κ2) is 12.5. The van der Waals surface area contributed by atoms with E-state index in [1.165, 1.54) is 13.1 Å². The normalized spacial score (nSPS) is 11.8. The quantitative estimate of drug-likeness (QED) is 0.134. The number of nitrogens with one attached hydrogen (secondary N) is 2. The van der Waals surface area contributed by atoms with Gasteiger partial charge in [-0.1, -0.05) is 13.0 Å². The summed E-state index contributed by atoms with van der Waals surface area (Å²) < 4.78 is 19.4. The van der Waals surface area contributed by atoms with Crippen molar-refractivity contribution in [2.75, 3.05) is 19.9 Å². The lowest BCUT2D eigenvalue weighted by molar-refractivity contribution is 0.0210. The maximum Gasteiger partial charge on any atom is 0.472 e. The third-order valence-electron chi connectivity index (χ3n) is 5.06. The molecule has 36 heavy (non-hydrogen) atoms. The van der Waals surface area contributed by atoms with Gasteiger partial charge in [-0.3, -0.25) is 9.59 Å². The molecule has 0 radical (unpaired) electrons. The number of aryl methyl sites for hydroxylation is 1. The van der Waals surface area contributed by atoms with Crippen molar-refractivity contribution >= 4 is 37.3 Å². The van der Waals surface area contributed by atoms with Gasteiger partial charge in [0, 0.05) is 24.8 Å². The van der Waals surface area contributed by atoms with Crippen molar-refractivity contribution in [3.8, 4) is 0 Å². The highest BCUT2D eigenvalue weighted by Gasteiger charge is 2.27. The number of carbonyl (C=O) groups is 3. The Hall–Kier alpha value is -3.51. The number of nitrogens with two attached hydrogens (primary N) is 1. The van der Waals surface area contributed by atoms with Gasteiger partial charge in [-0.15, -0.1) is 0 Å². The summed E-state index contributed by atoms with van der Waals surface area (Å²) in [5.41, 5.74) is 8.75. The Bertz CT molecular complexity index is 1200. The Balaban J connectivity index is 2.26. The number of rotatable bonds is 10. The van der Waals surface area contributed by atoms with Crippen molar-refractivity contribution < 1.29 is 38.0 Å². The summed E-state index contributed by atoms with van der Waals surface area (Å²) in [6.07, 6.45) is 1.02. The van der Waals surface area contributed by atoms with Crippen LogP contribution < -0.4 is 11.1 Å². The fraction of sp³-hybridized carbons (Fsp3) is 0.364. The third kappa shape index (κ3) is 7.49. The maximum atomic E-state index is 12.9. The molecule has 0 aliphatic heterocycles. The molecule has 6 N–H and O–H groups in total. The molecule has 0 spiro atoms. The standard InChI is InChI=1S/C22H30N5O8P/c1-5-9-24-20(28)15-8-7-13(3)17(10-15)26-19(23)18-14(4)16(11-25-18)21(29)27(6-2)22(30)34-12-35-36(31,32)33/h7-8,10-11,25H,5-6,9,12H2,1-4H3,(H2,23,26)(H,24,28)(H2,31,32,33). The van der Waals surface area contributed by atoms with Gasteiger partial charge in [-0.25, -0.2) is 23.8 Å². The number of imide groups is 1. The summed E-state index contributed by atoms with van der Waals surface area (Å²) in [7, 11) is -4.84. The molecular formula is C22H30N5O8P. The second-order valence-corrected chi connectivity index (χ2v) is 8.89. The average Bonchev–Trinajstić information content (AvgIpc) is 3.19. The van der Waals surface area contributed by atoms with E-state index < -0.39 is 26.6 Å². The van der Waals surface area contributed by atoms with Crippen LogP contribution in [0.2, 0.25) is 0 Å². The molecule has 0 bridgehead atoms. The molecule has 2 aromatic rings. The van der Waals surface area contributed by atoms with Crippen LogP contribution in [0.25, 0.3) is 0 Å². The van der Waals surface area contributed by atoms with Crippen LogP contribution in [0.1, 0.15) is 57.8 Å². The zero-order chi connectivity index (χ0) is 27.0. The average molecular weight is 523 g/mol. The van der Waals surface area contributed by atoms with Gasteiger partial charge in [0.15, 0.2) is 0 Å². The highest BCUT2D eigenvalue weighted by atomic mass is 31.2. The number of amidine groups is 1. The first-order chi connectivity index (χ1) is 16.9. The molecule has 0 fully saturated rings. The number of benzene rings is 1. The first-order valence-electron chi connectivity index (χ1n) is 11.0. The number of phosphoric acid groups is 1. The molecule has 14 heteroatoms. The SMILES string of the molecule is CCCNC(=O)c1ccc(C)c(N=C(N)c2[nH]cc(C(=O)N(CC)C(=O)OCOP(=O)(O)O)c2C)c1. The van der Waals surface area contributed by atoms with Gasteiger partial charge in [0.2, 0.25) is 6.79 Å². The Morgan fingerprint density at radius 3 is 2.53 bits per heavy atom. The lowest BCUT2D eigenvalue weighted by atomic mass is 10.1. The molecule has 1 aromatic heterocycles. The van der Waals surface area contributed by atoms with Crippen molar-refractivity contribution in [1.82, 2.24) is 15.2 Å². The van der Waals surface area contributed by atoms with Gasteiger partial charge in [0.05, 0.1) is 16.9 Å². The second-order valence-electron chi connectivity index (χ2n) is 7.65. The minimum Gasteiger partial charge on any atom is -0.421 e. The highest BCUT2D eigenvalue weighted by molar-refractivity contribution is 7.46. The van der Waals surface area contributed by atoms with E-state index in [-0.39, 0.29) is 23.9 Å². The lowest BCUT2D eigenvalue weighted by Gasteiger charge is -2.18. The first kappa shape index (κ1) is 28.7. The Labute approximate surface area is 207 Å². The topological polar surface area (TPSA) is 197 Å². The van der Waals surface area contributed by atoms with Crippen molar-refractivity contribution in [2.45, 2.75) is 34.1 Å². The van der Waals surface area contributed by atoms with Crippen molar-refractivity contribution in [1.29, 1.82) is 0 Å². The number of aromatic amines is 1.